The summed E-state index contributed by atoms with van der Waals surface area (Å²) < 4.78 is 5.29. The van der Waals surface area contributed by atoms with Crippen LogP contribution in [0.15, 0.2) is 36.6 Å². The van der Waals surface area contributed by atoms with Crippen LogP contribution in [0.5, 0.6) is 5.75 Å². The Hall–Kier alpha value is -1.77. The molecule has 0 aliphatic carbocycles. The van der Waals surface area contributed by atoms with E-state index in [1.807, 2.05) is 19.1 Å². The Labute approximate surface area is 83.4 Å². The van der Waals surface area contributed by atoms with E-state index >= 15 is 0 Å². The lowest BCUT2D eigenvalue weighted by atomic mass is 10.3. The third kappa shape index (κ3) is 2.94. The number of hydrogen-bond donors (Lipinski definition) is 1. The number of carbonyl (C=O) groups excluding carboxylic acids is 1. The number of carbonyl (C=O) groups is 1. The van der Waals surface area contributed by atoms with Gasteiger partial charge in [0.2, 0.25) is 5.91 Å². The summed E-state index contributed by atoms with van der Waals surface area (Å²) in [7, 11) is 0. The van der Waals surface area contributed by atoms with E-state index in [1.165, 1.54) is 6.92 Å². The highest BCUT2D eigenvalue weighted by Crippen LogP contribution is 2.23. The fraction of sp³-hybridized carbons (Fsp3) is 0.182. The van der Waals surface area contributed by atoms with E-state index < -0.39 is 0 Å². The standard InChI is InChI=1S/C11H13NO2/c1-3-8-14-11-7-5-4-6-10(11)12-9(2)13/h3-8H,1-2H3,(H,12,13)/b8-3+. The molecule has 1 aromatic carbocycles. The largest absolute Gasteiger partial charge is 0.463 e. The topological polar surface area (TPSA) is 38.3 Å². The predicted octanol–water partition coefficient (Wildman–Crippen LogP) is 2.56. The van der Waals surface area contributed by atoms with Crippen molar-refractivity contribution in [3.05, 3.63) is 36.6 Å². The second kappa shape index (κ2) is 5.07. The van der Waals surface area contributed by atoms with E-state index in [0.717, 1.165) is 0 Å². The monoisotopic (exact) mass is 191 g/mol. The molecule has 14 heavy (non-hydrogen) atoms. The molecule has 0 aromatic heterocycles. The number of rotatable bonds is 3. The van der Waals surface area contributed by atoms with Crippen molar-refractivity contribution >= 4 is 11.6 Å². The van der Waals surface area contributed by atoms with Crippen LogP contribution in [0.2, 0.25) is 0 Å². The molecule has 0 heterocycles. The highest BCUT2D eigenvalue weighted by Gasteiger charge is 2.02. The van der Waals surface area contributed by atoms with Gasteiger partial charge in [0, 0.05) is 6.92 Å². The summed E-state index contributed by atoms with van der Waals surface area (Å²) >= 11 is 0. The normalized spacial score (nSPS) is 10.1. The molecule has 0 atom stereocenters. The molecule has 0 aliphatic heterocycles. The van der Waals surface area contributed by atoms with Crippen LogP contribution in [0.3, 0.4) is 0 Å². The number of amides is 1. The molecule has 1 rings (SSSR count). The van der Waals surface area contributed by atoms with Crippen molar-refractivity contribution in [1.82, 2.24) is 0 Å². The van der Waals surface area contributed by atoms with Crippen molar-refractivity contribution in [2.24, 2.45) is 0 Å². The van der Waals surface area contributed by atoms with Crippen molar-refractivity contribution in [1.29, 1.82) is 0 Å². The van der Waals surface area contributed by atoms with Crippen molar-refractivity contribution < 1.29 is 9.53 Å². The van der Waals surface area contributed by atoms with Crippen LogP contribution in [0.1, 0.15) is 13.8 Å². The number of para-hydroxylation sites is 2. The maximum Gasteiger partial charge on any atom is 0.221 e. The molecule has 0 saturated carbocycles. The van der Waals surface area contributed by atoms with Crippen LogP contribution in [0.25, 0.3) is 0 Å². The molecule has 0 radical (unpaired) electrons. The first-order valence-electron chi connectivity index (χ1n) is 4.38. The molecular weight excluding hydrogens is 178 g/mol. The summed E-state index contributed by atoms with van der Waals surface area (Å²) in [6, 6.07) is 7.28. The zero-order valence-electron chi connectivity index (χ0n) is 8.28. The van der Waals surface area contributed by atoms with Gasteiger partial charge in [-0.05, 0) is 19.1 Å². The highest BCUT2D eigenvalue weighted by atomic mass is 16.5. The van der Waals surface area contributed by atoms with Gasteiger partial charge in [0.1, 0.15) is 5.75 Å². The Kier molecular flexibility index (Phi) is 3.73. The summed E-state index contributed by atoms with van der Waals surface area (Å²) in [5.74, 6) is 0.530. The minimum Gasteiger partial charge on any atom is -0.463 e. The maximum atomic E-state index is 10.9. The van der Waals surface area contributed by atoms with Gasteiger partial charge in [-0.2, -0.15) is 0 Å². The maximum absolute atomic E-state index is 10.9. The lowest BCUT2D eigenvalue weighted by Crippen LogP contribution is -2.06. The first-order valence-corrected chi connectivity index (χ1v) is 4.38. The van der Waals surface area contributed by atoms with E-state index in [0.29, 0.717) is 11.4 Å². The summed E-state index contributed by atoms with van der Waals surface area (Å²) in [6.45, 7) is 3.33. The first-order chi connectivity index (χ1) is 6.74. The number of benzene rings is 1. The second-order valence-corrected chi connectivity index (χ2v) is 2.76. The molecule has 3 nitrogen and oxygen atoms in total. The SMILES string of the molecule is C/C=C/Oc1ccccc1NC(C)=O. The lowest BCUT2D eigenvalue weighted by Gasteiger charge is -2.07. The van der Waals surface area contributed by atoms with Gasteiger partial charge in [-0.25, -0.2) is 0 Å². The highest BCUT2D eigenvalue weighted by molar-refractivity contribution is 5.90. The summed E-state index contributed by atoms with van der Waals surface area (Å²) in [5.41, 5.74) is 0.679. The van der Waals surface area contributed by atoms with Gasteiger partial charge >= 0.3 is 0 Å². The van der Waals surface area contributed by atoms with E-state index in [4.69, 9.17) is 4.74 Å². The summed E-state index contributed by atoms with van der Waals surface area (Å²) in [5, 5.41) is 2.68. The van der Waals surface area contributed by atoms with Crippen molar-refractivity contribution in [3.8, 4) is 5.75 Å². The average molecular weight is 191 g/mol. The quantitative estimate of drug-likeness (QED) is 0.745. The fourth-order valence-electron chi connectivity index (χ4n) is 1.00. The molecule has 3 heteroatoms. The van der Waals surface area contributed by atoms with E-state index in [2.05, 4.69) is 5.32 Å². The lowest BCUT2D eigenvalue weighted by molar-refractivity contribution is -0.114. The zero-order valence-corrected chi connectivity index (χ0v) is 8.28. The summed E-state index contributed by atoms with van der Waals surface area (Å²) in [6.07, 6.45) is 3.35. The fourth-order valence-corrected chi connectivity index (χ4v) is 1.00. The number of allylic oxidation sites excluding steroid dienone is 1. The van der Waals surface area contributed by atoms with Gasteiger partial charge in [0.25, 0.3) is 0 Å². The van der Waals surface area contributed by atoms with Crippen LogP contribution in [0, 0.1) is 0 Å². The van der Waals surface area contributed by atoms with E-state index in [1.54, 1.807) is 24.5 Å². The number of hydrogen-bond acceptors (Lipinski definition) is 2. The minimum atomic E-state index is -0.110. The molecule has 1 N–H and O–H groups in total. The first kappa shape index (κ1) is 10.3. The van der Waals surface area contributed by atoms with Gasteiger partial charge < -0.3 is 10.1 Å². The zero-order chi connectivity index (χ0) is 10.4. The van der Waals surface area contributed by atoms with Crippen molar-refractivity contribution in [2.75, 3.05) is 5.32 Å². The molecule has 0 spiro atoms. The van der Waals surface area contributed by atoms with Crippen molar-refractivity contribution in [3.63, 3.8) is 0 Å². The molecule has 0 bridgehead atoms. The van der Waals surface area contributed by atoms with Crippen LogP contribution >= 0.6 is 0 Å². The Balaban J connectivity index is 2.85. The Morgan fingerprint density at radius 3 is 2.79 bits per heavy atom. The van der Waals surface area contributed by atoms with Gasteiger partial charge in [0.15, 0.2) is 0 Å². The molecule has 0 unspecified atom stereocenters. The van der Waals surface area contributed by atoms with Crippen molar-refractivity contribution in [2.45, 2.75) is 13.8 Å². The van der Waals surface area contributed by atoms with E-state index in [-0.39, 0.29) is 5.91 Å². The van der Waals surface area contributed by atoms with Crippen LogP contribution in [0.4, 0.5) is 5.69 Å². The van der Waals surface area contributed by atoms with Gasteiger partial charge in [-0.1, -0.05) is 18.2 Å². The third-order valence-corrected chi connectivity index (χ3v) is 1.53. The van der Waals surface area contributed by atoms with Crippen LogP contribution in [-0.2, 0) is 4.79 Å². The molecule has 0 saturated heterocycles. The molecular formula is C11H13NO2. The molecule has 1 amide bonds. The predicted molar refractivity (Wildman–Crippen MR) is 56.2 cm³/mol. The second-order valence-electron chi connectivity index (χ2n) is 2.76. The minimum absolute atomic E-state index is 0.110. The Morgan fingerprint density at radius 1 is 1.43 bits per heavy atom. The van der Waals surface area contributed by atoms with Crippen LogP contribution in [-0.4, -0.2) is 5.91 Å². The summed E-state index contributed by atoms with van der Waals surface area (Å²) in [4.78, 5) is 10.9. The third-order valence-electron chi connectivity index (χ3n) is 1.53. The average Bonchev–Trinajstić information content (AvgIpc) is 2.16. The number of nitrogens with one attached hydrogen (secondary N) is 1. The smallest absolute Gasteiger partial charge is 0.221 e. The molecule has 0 fully saturated rings. The Morgan fingerprint density at radius 2 is 2.14 bits per heavy atom. The van der Waals surface area contributed by atoms with Gasteiger partial charge in [-0.3, -0.25) is 4.79 Å². The number of ether oxygens (including phenoxy) is 1. The van der Waals surface area contributed by atoms with Crippen LogP contribution < -0.4 is 10.1 Å². The molecule has 1 aromatic rings. The molecule has 0 aliphatic rings. The van der Waals surface area contributed by atoms with Gasteiger partial charge in [0.05, 0.1) is 11.9 Å². The van der Waals surface area contributed by atoms with E-state index in [9.17, 15) is 4.79 Å². The van der Waals surface area contributed by atoms with Gasteiger partial charge in [-0.15, -0.1) is 0 Å². The number of anilines is 1. The Bertz CT molecular complexity index is 345. The molecule has 74 valence electrons.